The number of alkyl halides is 1. The molecule has 0 spiro atoms. The van der Waals surface area contributed by atoms with Gasteiger partial charge in [0.25, 0.3) is 5.56 Å². The van der Waals surface area contributed by atoms with E-state index < -0.39 is 0 Å². The maximum atomic E-state index is 11.7. The van der Waals surface area contributed by atoms with Crippen molar-refractivity contribution in [3.05, 3.63) is 21.7 Å². The Hall–Kier alpha value is -1.03. The molecule has 0 bridgehead atoms. The number of nitrogens with zero attached hydrogens (tertiary/aromatic N) is 1. The fourth-order valence-corrected chi connectivity index (χ4v) is 2.29. The predicted molar refractivity (Wildman–Crippen MR) is 57.3 cm³/mol. The molecule has 0 unspecified atom stereocenters. The van der Waals surface area contributed by atoms with Gasteiger partial charge in [0, 0.05) is 0 Å². The molecule has 0 radical (unpaired) electrons. The van der Waals surface area contributed by atoms with E-state index in [4.69, 9.17) is 11.6 Å². The van der Waals surface area contributed by atoms with Crippen molar-refractivity contribution >= 4 is 11.6 Å². The van der Waals surface area contributed by atoms with Gasteiger partial charge in [-0.25, -0.2) is 0 Å². The molecule has 1 aliphatic carbocycles. The normalized spacial score (nSPS) is 17.1. The Morgan fingerprint density at radius 2 is 2.13 bits per heavy atom. The molecular formula is C10H13ClN2O2. The number of hydrogen-bond donors (Lipinski definition) is 2. The molecule has 1 aromatic rings. The highest BCUT2D eigenvalue weighted by atomic mass is 35.5. The maximum absolute atomic E-state index is 11.7. The molecule has 0 aliphatic heterocycles. The van der Waals surface area contributed by atoms with Crippen LogP contribution in [0.4, 0.5) is 0 Å². The van der Waals surface area contributed by atoms with Gasteiger partial charge in [0.05, 0.1) is 11.4 Å². The third kappa shape index (κ3) is 2.00. The minimum Gasteiger partial charge on any atom is -0.493 e. The fraction of sp³-hybridized carbons (Fsp3) is 0.600. The molecule has 0 aromatic carbocycles. The van der Waals surface area contributed by atoms with Crippen molar-refractivity contribution in [1.82, 2.24) is 9.97 Å². The van der Waals surface area contributed by atoms with Crippen LogP contribution >= 0.6 is 11.6 Å². The molecule has 4 nitrogen and oxygen atoms in total. The molecule has 1 aliphatic rings. The summed E-state index contributed by atoms with van der Waals surface area (Å²) in [7, 11) is 0. The summed E-state index contributed by atoms with van der Waals surface area (Å²) in [6, 6.07) is 0. The van der Waals surface area contributed by atoms with Crippen molar-refractivity contribution in [2.24, 2.45) is 0 Å². The zero-order chi connectivity index (χ0) is 10.8. The van der Waals surface area contributed by atoms with Crippen LogP contribution in [0.15, 0.2) is 4.79 Å². The molecule has 82 valence electrons. The number of aromatic amines is 1. The van der Waals surface area contributed by atoms with E-state index in [9.17, 15) is 9.90 Å². The number of nitrogens with one attached hydrogen (secondary N) is 1. The second-order valence-corrected chi connectivity index (χ2v) is 4.13. The van der Waals surface area contributed by atoms with E-state index >= 15 is 0 Å². The average Bonchev–Trinajstić information content (AvgIpc) is 2.69. The molecule has 2 rings (SSSR count). The highest BCUT2D eigenvalue weighted by Crippen LogP contribution is 2.35. The number of aromatic nitrogens is 2. The summed E-state index contributed by atoms with van der Waals surface area (Å²) in [6.45, 7) is 0. The topological polar surface area (TPSA) is 66.0 Å². The van der Waals surface area contributed by atoms with Gasteiger partial charge in [-0.3, -0.25) is 4.79 Å². The number of H-pyrrole nitrogens is 1. The molecule has 1 aromatic heterocycles. The lowest BCUT2D eigenvalue weighted by molar-refractivity contribution is 0.433. The van der Waals surface area contributed by atoms with Gasteiger partial charge in [-0.2, -0.15) is 4.98 Å². The summed E-state index contributed by atoms with van der Waals surface area (Å²) >= 11 is 5.54. The molecule has 0 amide bonds. The summed E-state index contributed by atoms with van der Waals surface area (Å²) in [4.78, 5) is 18.1. The third-order valence-electron chi connectivity index (χ3n) is 2.87. The van der Waals surface area contributed by atoms with Crippen LogP contribution in [0.3, 0.4) is 0 Å². The monoisotopic (exact) mass is 228 g/mol. The molecule has 0 saturated heterocycles. The average molecular weight is 229 g/mol. The number of hydrogen-bond acceptors (Lipinski definition) is 3. The Morgan fingerprint density at radius 1 is 1.47 bits per heavy atom. The first-order chi connectivity index (χ1) is 7.22. The first-order valence-electron chi connectivity index (χ1n) is 5.10. The van der Waals surface area contributed by atoms with E-state index in [2.05, 4.69) is 9.97 Å². The van der Waals surface area contributed by atoms with Gasteiger partial charge >= 0.3 is 0 Å². The van der Waals surface area contributed by atoms with Crippen molar-refractivity contribution < 1.29 is 5.11 Å². The van der Waals surface area contributed by atoms with Gasteiger partial charge in [0.1, 0.15) is 5.82 Å². The lowest BCUT2D eigenvalue weighted by Gasteiger charge is -2.09. The van der Waals surface area contributed by atoms with Crippen LogP contribution in [0.25, 0.3) is 0 Å². The van der Waals surface area contributed by atoms with E-state index in [-0.39, 0.29) is 23.2 Å². The number of halogens is 1. The molecule has 1 heterocycles. The third-order valence-corrected chi connectivity index (χ3v) is 3.13. The molecule has 1 saturated carbocycles. The fourth-order valence-electron chi connectivity index (χ4n) is 2.16. The van der Waals surface area contributed by atoms with E-state index in [1.54, 1.807) is 0 Å². The van der Waals surface area contributed by atoms with Gasteiger partial charge in [-0.1, -0.05) is 12.8 Å². The van der Waals surface area contributed by atoms with Crippen molar-refractivity contribution in [1.29, 1.82) is 0 Å². The Labute approximate surface area is 92.3 Å². The smallest absolute Gasteiger partial charge is 0.258 e. The lowest BCUT2D eigenvalue weighted by Crippen LogP contribution is -2.18. The van der Waals surface area contributed by atoms with Crippen LogP contribution in [-0.2, 0) is 5.88 Å². The Balaban J connectivity index is 2.42. The Bertz CT molecular complexity index is 410. The van der Waals surface area contributed by atoms with Gasteiger partial charge in [0.15, 0.2) is 0 Å². The summed E-state index contributed by atoms with van der Waals surface area (Å²) in [6.07, 6.45) is 4.14. The van der Waals surface area contributed by atoms with Crippen molar-refractivity contribution in [3.63, 3.8) is 0 Å². The van der Waals surface area contributed by atoms with E-state index in [0.29, 0.717) is 11.4 Å². The maximum Gasteiger partial charge on any atom is 0.258 e. The molecule has 2 N–H and O–H groups in total. The van der Waals surface area contributed by atoms with Crippen LogP contribution < -0.4 is 5.56 Å². The van der Waals surface area contributed by atoms with Crippen LogP contribution in [0.5, 0.6) is 5.88 Å². The van der Waals surface area contributed by atoms with Crippen LogP contribution in [0, 0.1) is 0 Å². The zero-order valence-electron chi connectivity index (χ0n) is 8.29. The van der Waals surface area contributed by atoms with Crippen molar-refractivity contribution in [2.75, 3.05) is 0 Å². The quantitative estimate of drug-likeness (QED) is 0.760. The zero-order valence-corrected chi connectivity index (χ0v) is 9.05. The lowest BCUT2D eigenvalue weighted by atomic mass is 10.00. The molecule has 1 fully saturated rings. The first-order valence-corrected chi connectivity index (χ1v) is 5.64. The SMILES string of the molecule is O=c1[nH]c(CCl)nc(O)c1C1CCCC1. The molecule has 15 heavy (non-hydrogen) atoms. The summed E-state index contributed by atoms with van der Waals surface area (Å²) in [5.74, 6) is 0.432. The second kappa shape index (κ2) is 4.23. The second-order valence-electron chi connectivity index (χ2n) is 3.86. The first kappa shape index (κ1) is 10.5. The van der Waals surface area contributed by atoms with Gasteiger partial charge in [-0.15, -0.1) is 11.6 Å². The van der Waals surface area contributed by atoms with E-state index in [1.807, 2.05) is 0 Å². The molecule has 0 atom stereocenters. The number of aromatic hydroxyl groups is 1. The summed E-state index contributed by atoms with van der Waals surface area (Å²) in [5.41, 5.74) is 0.186. The largest absolute Gasteiger partial charge is 0.493 e. The number of rotatable bonds is 2. The van der Waals surface area contributed by atoms with Gasteiger partial charge < -0.3 is 10.1 Å². The van der Waals surface area contributed by atoms with Crippen LogP contribution in [0.1, 0.15) is 43.0 Å². The molecular weight excluding hydrogens is 216 g/mol. The predicted octanol–water partition coefficient (Wildman–Crippen LogP) is 1.87. The minimum atomic E-state index is -0.245. The standard InChI is InChI=1S/C10H13ClN2O2/c11-5-7-12-9(14)8(10(15)13-7)6-3-1-2-4-6/h6H,1-5H2,(H2,12,13,14,15). The van der Waals surface area contributed by atoms with Crippen LogP contribution in [0.2, 0.25) is 0 Å². The Kier molecular flexibility index (Phi) is 2.95. The Morgan fingerprint density at radius 3 is 2.67 bits per heavy atom. The van der Waals surface area contributed by atoms with Crippen molar-refractivity contribution in [2.45, 2.75) is 37.5 Å². The van der Waals surface area contributed by atoms with Crippen molar-refractivity contribution in [3.8, 4) is 5.88 Å². The summed E-state index contributed by atoms with van der Waals surface area (Å²) < 4.78 is 0. The van der Waals surface area contributed by atoms with Gasteiger partial charge in [0.2, 0.25) is 5.88 Å². The van der Waals surface area contributed by atoms with E-state index in [1.165, 1.54) is 0 Å². The highest BCUT2D eigenvalue weighted by Gasteiger charge is 2.24. The summed E-state index contributed by atoms with van der Waals surface area (Å²) in [5, 5.41) is 9.67. The molecule has 5 heteroatoms. The van der Waals surface area contributed by atoms with E-state index in [0.717, 1.165) is 25.7 Å². The van der Waals surface area contributed by atoms with Crippen LogP contribution in [-0.4, -0.2) is 15.1 Å². The minimum absolute atomic E-state index is 0.105. The van der Waals surface area contributed by atoms with Gasteiger partial charge in [-0.05, 0) is 18.8 Å². The highest BCUT2D eigenvalue weighted by molar-refractivity contribution is 6.16.